The van der Waals surface area contributed by atoms with Gasteiger partial charge in [-0.3, -0.25) is 4.79 Å². The lowest BCUT2D eigenvalue weighted by atomic mass is 9.96. The van der Waals surface area contributed by atoms with Crippen LogP contribution < -0.4 is 4.90 Å². The minimum Gasteiger partial charge on any atom is -0.359 e. The van der Waals surface area contributed by atoms with E-state index in [1.54, 1.807) is 19.2 Å². The number of hydrogen-bond donors (Lipinski definition) is 0. The molecule has 1 aromatic heterocycles. The van der Waals surface area contributed by atoms with Gasteiger partial charge in [0.25, 0.3) is 0 Å². The number of hydrogen-bond acceptors (Lipinski definition) is 3. The molecule has 3 heteroatoms. The number of aromatic nitrogens is 1. The summed E-state index contributed by atoms with van der Waals surface area (Å²) in [6, 6.07) is 3.59. The molecule has 16 heavy (non-hydrogen) atoms. The minimum absolute atomic E-state index is 0.0767. The Bertz CT molecular complexity index is 380. The Hall–Kier alpha value is -1.38. The summed E-state index contributed by atoms with van der Waals surface area (Å²) in [7, 11) is 2.00. The number of carbonyl (C=O) groups is 1. The molecule has 0 saturated carbocycles. The lowest BCUT2D eigenvalue weighted by molar-refractivity contribution is 0.101. The van der Waals surface area contributed by atoms with Gasteiger partial charge in [-0.05, 0) is 24.5 Å². The fourth-order valence-corrected chi connectivity index (χ4v) is 1.64. The van der Waals surface area contributed by atoms with Gasteiger partial charge in [0.15, 0.2) is 5.78 Å². The second-order valence-corrected chi connectivity index (χ2v) is 5.38. The number of rotatable bonds is 3. The van der Waals surface area contributed by atoms with E-state index >= 15 is 0 Å². The first kappa shape index (κ1) is 12.7. The Balaban J connectivity index is 2.87. The molecule has 88 valence electrons. The smallest absolute Gasteiger partial charge is 0.159 e. The second-order valence-electron chi connectivity index (χ2n) is 5.38. The maximum absolute atomic E-state index is 11.3. The molecule has 0 radical (unpaired) electrons. The largest absolute Gasteiger partial charge is 0.359 e. The van der Waals surface area contributed by atoms with Crippen LogP contribution in [0.4, 0.5) is 5.82 Å². The summed E-state index contributed by atoms with van der Waals surface area (Å²) in [4.78, 5) is 17.6. The van der Waals surface area contributed by atoms with E-state index in [0.29, 0.717) is 5.56 Å². The Kier molecular flexibility index (Phi) is 3.68. The van der Waals surface area contributed by atoms with Crippen LogP contribution in [0.3, 0.4) is 0 Å². The average molecular weight is 220 g/mol. The van der Waals surface area contributed by atoms with E-state index in [1.807, 2.05) is 13.1 Å². The van der Waals surface area contributed by atoms with Gasteiger partial charge in [0.1, 0.15) is 5.82 Å². The molecule has 1 heterocycles. The summed E-state index contributed by atoms with van der Waals surface area (Å²) in [5.41, 5.74) is 0.925. The first-order chi connectivity index (χ1) is 7.29. The van der Waals surface area contributed by atoms with Gasteiger partial charge >= 0.3 is 0 Å². The fourth-order valence-electron chi connectivity index (χ4n) is 1.64. The molecular formula is C13H20N2O. The van der Waals surface area contributed by atoms with Gasteiger partial charge < -0.3 is 4.90 Å². The molecule has 1 rings (SSSR count). The van der Waals surface area contributed by atoms with Crippen molar-refractivity contribution in [3.05, 3.63) is 23.9 Å². The third-order valence-corrected chi connectivity index (χ3v) is 2.25. The highest BCUT2D eigenvalue weighted by Gasteiger charge is 2.15. The van der Waals surface area contributed by atoms with E-state index in [2.05, 4.69) is 30.7 Å². The van der Waals surface area contributed by atoms with Crippen molar-refractivity contribution in [1.82, 2.24) is 4.98 Å². The van der Waals surface area contributed by atoms with Crippen LogP contribution in [0.1, 0.15) is 38.1 Å². The summed E-state index contributed by atoms with van der Waals surface area (Å²) in [6.07, 6.45) is 1.69. The van der Waals surface area contributed by atoms with Crippen molar-refractivity contribution < 1.29 is 4.79 Å². The van der Waals surface area contributed by atoms with Crippen molar-refractivity contribution in [3.8, 4) is 0 Å². The molecule has 3 nitrogen and oxygen atoms in total. The predicted molar refractivity (Wildman–Crippen MR) is 67.0 cm³/mol. The number of pyridine rings is 1. The molecule has 0 aliphatic heterocycles. The Morgan fingerprint density at radius 3 is 2.56 bits per heavy atom. The second kappa shape index (κ2) is 4.64. The van der Waals surface area contributed by atoms with E-state index < -0.39 is 0 Å². The van der Waals surface area contributed by atoms with Crippen LogP contribution in [0.25, 0.3) is 0 Å². The Morgan fingerprint density at radius 2 is 2.06 bits per heavy atom. The number of anilines is 1. The Labute approximate surface area is 97.5 Å². The van der Waals surface area contributed by atoms with Gasteiger partial charge in [0.05, 0.1) is 0 Å². The quantitative estimate of drug-likeness (QED) is 0.734. The van der Waals surface area contributed by atoms with Gasteiger partial charge in [-0.15, -0.1) is 0 Å². The molecule has 0 fully saturated rings. The monoisotopic (exact) mass is 220 g/mol. The van der Waals surface area contributed by atoms with Crippen LogP contribution >= 0.6 is 0 Å². The Morgan fingerprint density at radius 1 is 1.44 bits per heavy atom. The molecule has 0 aromatic carbocycles. The highest BCUT2D eigenvalue weighted by molar-refractivity contribution is 5.94. The van der Waals surface area contributed by atoms with Crippen molar-refractivity contribution in [2.45, 2.75) is 27.7 Å². The van der Waals surface area contributed by atoms with E-state index in [4.69, 9.17) is 0 Å². The molecule has 0 N–H and O–H groups in total. The van der Waals surface area contributed by atoms with Gasteiger partial charge in [0, 0.05) is 25.4 Å². The highest BCUT2D eigenvalue weighted by atomic mass is 16.1. The number of carbonyl (C=O) groups excluding carboxylic acids is 1. The average Bonchev–Trinajstić information content (AvgIpc) is 2.15. The zero-order chi connectivity index (χ0) is 12.3. The summed E-state index contributed by atoms with van der Waals surface area (Å²) in [6.45, 7) is 9.01. The van der Waals surface area contributed by atoms with E-state index in [0.717, 1.165) is 12.4 Å². The lowest BCUT2D eigenvalue weighted by Crippen LogP contribution is -2.29. The van der Waals surface area contributed by atoms with Gasteiger partial charge in [-0.1, -0.05) is 20.8 Å². The molecule has 0 bridgehead atoms. The van der Waals surface area contributed by atoms with Gasteiger partial charge in [0.2, 0.25) is 0 Å². The summed E-state index contributed by atoms with van der Waals surface area (Å²) < 4.78 is 0. The topological polar surface area (TPSA) is 33.2 Å². The standard InChI is InChI=1S/C13H20N2O/c1-10(16)11-6-7-14-12(8-11)15(5)9-13(2,3)4/h6-8H,9H2,1-5H3. The molecule has 0 aliphatic carbocycles. The molecule has 0 atom stereocenters. The minimum atomic E-state index is 0.0767. The predicted octanol–water partition coefficient (Wildman–Crippen LogP) is 2.77. The van der Waals surface area contributed by atoms with E-state index in [-0.39, 0.29) is 11.2 Å². The lowest BCUT2D eigenvalue weighted by Gasteiger charge is -2.27. The van der Waals surface area contributed by atoms with Crippen molar-refractivity contribution in [2.24, 2.45) is 5.41 Å². The van der Waals surface area contributed by atoms with Crippen molar-refractivity contribution >= 4 is 11.6 Å². The molecule has 0 spiro atoms. The van der Waals surface area contributed by atoms with Crippen LogP contribution in [0.5, 0.6) is 0 Å². The molecule has 0 saturated heterocycles. The first-order valence-corrected chi connectivity index (χ1v) is 5.48. The number of ketones is 1. The van der Waals surface area contributed by atoms with Crippen LogP contribution in [0.15, 0.2) is 18.3 Å². The zero-order valence-corrected chi connectivity index (χ0v) is 10.7. The van der Waals surface area contributed by atoms with Crippen LogP contribution in [-0.4, -0.2) is 24.4 Å². The fraction of sp³-hybridized carbons (Fsp3) is 0.538. The van der Waals surface area contributed by atoms with Gasteiger partial charge in [-0.2, -0.15) is 0 Å². The molecule has 0 aliphatic rings. The molecular weight excluding hydrogens is 200 g/mol. The third kappa shape index (κ3) is 3.65. The first-order valence-electron chi connectivity index (χ1n) is 5.48. The van der Waals surface area contributed by atoms with E-state index in [1.165, 1.54) is 0 Å². The zero-order valence-electron chi connectivity index (χ0n) is 10.7. The molecule has 0 unspecified atom stereocenters. The maximum Gasteiger partial charge on any atom is 0.159 e. The van der Waals surface area contributed by atoms with Crippen molar-refractivity contribution in [3.63, 3.8) is 0 Å². The highest BCUT2D eigenvalue weighted by Crippen LogP contribution is 2.19. The summed E-state index contributed by atoms with van der Waals surface area (Å²) >= 11 is 0. The van der Waals surface area contributed by atoms with Crippen LogP contribution in [0, 0.1) is 5.41 Å². The van der Waals surface area contributed by atoms with Crippen LogP contribution in [0.2, 0.25) is 0 Å². The number of Topliss-reactive ketones (excluding diaryl/α,β-unsaturated/α-hetero) is 1. The molecule has 0 amide bonds. The number of nitrogens with zero attached hydrogens (tertiary/aromatic N) is 2. The van der Waals surface area contributed by atoms with Gasteiger partial charge in [-0.25, -0.2) is 4.98 Å². The van der Waals surface area contributed by atoms with Crippen molar-refractivity contribution in [2.75, 3.05) is 18.5 Å². The summed E-state index contributed by atoms with van der Waals surface area (Å²) in [5.74, 6) is 0.926. The van der Waals surface area contributed by atoms with E-state index in [9.17, 15) is 4.79 Å². The SMILES string of the molecule is CC(=O)c1ccnc(N(C)CC(C)(C)C)c1. The normalized spacial score (nSPS) is 11.3. The maximum atomic E-state index is 11.3. The summed E-state index contributed by atoms with van der Waals surface area (Å²) in [5, 5.41) is 0. The molecule has 1 aromatic rings. The van der Waals surface area contributed by atoms with Crippen molar-refractivity contribution in [1.29, 1.82) is 0 Å². The third-order valence-electron chi connectivity index (χ3n) is 2.25. The van der Waals surface area contributed by atoms with Crippen LogP contribution in [-0.2, 0) is 0 Å².